The molecule has 1 aromatic heterocycles. The van der Waals surface area contributed by atoms with Gasteiger partial charge in [0.1, 0.15) is 0 Å². The smallest absolute Gasteiger partial charge is 0.237 e. The van der Waals surface area contributed by atoms with Crippen molar-refractivity contribution in [2.24, 2.45) is 5.41 Å². The largest absolute Gasteiger partial charge is 0.352 e. The summed E-state index contributed by atoms with van der Waals surface area (Å²) in [4.78, 5) is 22.1. The normalized spacial score (nSPS) is 27.1. The molecular formula is C21H33N5O. The molecule has 1 spiro atoms. The van der Waals surface area contributed by atoms with E-state index >= 15 is 0 Å². The van der Waals surface area contributed by atoms with Crippen LogP contribution >= 0.6 is 0 Å². The van der Waals surface area contributed by atoms with Crippen LogP contribution in [0.25, 0.3) is 0 Å². The highest BCUT2D eigenvalue weighted by Gasteiger charge is 2.45. The van der Waals surface area contributed by atoms with Gasteiger partial charge in [0.2, 0.25) is 5.91 Å². The molecule has 0 saturated carbocycles. The van der Waals surface area contributed by atoms with Crippen LogP contribution < -0.4 is 10.6 Å². The van der Waals surface area contributed by atoms with Crippen molar-refractivity contribution in [2.45, 2.75) is 50.7 Å². The van der Waals surface area contributed by atoms with E-state index in [2.05, 4.69) is 38.5 Å². The maximum atomic E-state index is 12.9. The van der Waals surface area contributed by atoms with Crippen LogP contribution in [0.2, 0.25) is 0 Å². The van der Waals surface area contributed by atoms with Gasteiger partial charge in [0.25, 0.3) is 0 Å². The van der Waals surface area contributed by atoms with Gasteiger partial charge in [0, 0.05) is 38.4 Å². The number of likely N-dealkylation sites (N-methyl/N-ethyl adjacent to an activating group) is 1. The van der Waals surface area contributed by atoms with Crippen molar-refractivity contribution < 1.29 is 4.79 Å². The molecule has 4 rings (SSSR count). The second kappa shape index (κ2) is 8.25. The highest BCUT2D eigenvalue weighted by Crippen LogP contribution is 2.41. The van der Waals surface area contributed by atoms with E-state index < -0.39 is 0 Å². The molecule has 1 aromatic rings. The number of aromatic nitrogens is 1. The van der Waals surface area contributed by atoms with Gasteiger partial charge in [-0.1, -0.05) is 6.07 Å². The van der Waals surface area contributed by atoms with Gasteiger partial charge >= 0.3 is 0 Å². The van der Waals surface area contributed by atoms with Crippen LogP contribution in [-0.2, 0) is 11.3 Å². The minimum atomic E-state index is 0.0506. The average molecular weight is 372 g/mol. The Balaban J connectivity index is 1.25. The SMILES string of the molecule is CN1CC2(CCNCC2)CC1C(=O)NC1CCN(Cc2ccccn2)CC1. The Hall–Kier alpha value is -1.50. The lowest BCUT2D eigenvalue weighted by Gasteiger charge is -2.34. The maximum Gasteiger partial charge on any atom is 0.237 e. The van der Waals surface area contributed by atoms with Crippen LogP contribution in [0.4, 0.5) is 0 Å². The van der Waals surface area contributed by atoms with Crippen LogP contribution in [-0.4, -0.2) is 72.5 Å². The third-order valence-corrected chi connectivity index (χ3v) is 6.76. The molecule has 1 atom stereocenters. The molecule has 4 heterocycles. The summed E-state index contributed by atoms with van der Waals surface area (Å²) in [6.45, 7) is 6.21. The Morgan fingerprint density at radius 2 is 2.07 bits per heavy atom. The molecule has 0 radical (unpaired) electrons. The molecule has 0 aliphatic carbocycles. The molecule has 148 valence electrons. The molecular weight excluding hydrogens is 338 g/mol. The minimum Gasteiger partial charge on any atom is -0.352 e. The lowest BCUT2D eigenvalue weighted by atomic mass is 9.77. The molecule has 0 bridgehead atoms. The van der Waals surface area contributed by atoms with Gasteiger partial charge in [-0.2, -0.15) is 0 Å². The Morgan fingerprint density at radius 3 is 2.78 bits per heavy atom. The van der Waals surface area contributed by atoms with Crippen molar-refractivity contribution in [3.05, 3.63) is 30.1 Å². The fourth-order valence-electron chi connectivity index (χ4n) is 5.14. The van der Waals surface area contributed by atoms with Gasteiger partial charge in [-0.25, -0.2) is 0 Å². The number of carbonyl (C=O) groups is 1. The first kappa shape index (κ1) is 18.8. The number of rotatable bonds is 4. The second-order valence-electron chi connectivity index (χ2n) is 8.77. The predicted molar refractivity (Wildman–Crippen MR) is 106 cm³/mol. The molecule has 3 aliphatic heterocycles. The Bertz CT molecular complexity index is 623. The highest BCUT2D eigenvalue weighted by atomic mass is 16.2. The topological polar surface area (TPSA) is 60.5 Å². The first-order valence-electron chi connectivity index (χ1n) is 10.5. The van der Waals surface area contributed by atoms with Crippen LogP contribution in [0.5, 0.6) is 0 Å². The Morgan fingerprint density at radius 1 is 1.30 bits per heavy atom. The van der Waals surface area contributed by atoms with Crippen LogP contribution in [0, 0.1) is 5.41 Å². The maximum absolute atomic E-state index is 12.9. The summed E-state index contributed by atoms with van der Waals surface area (Å²) in [7, 11) is 2.12. The van der Waals surface area contributed by atoms with E-state index in [-0.39, 0.29) is 11.9 Å². The molecule has 2 N–H and O–H groups in total. The number of hydrogen-bond donors (Lipinski definition) is 2. The van der Waals surface area contributed by atoms with E-state index in [9.17, 15) is 4.79 Å². The number of likely N-dealkylation sites (tertiary alicyclic amines) is 2. The third-order valence-electron chi connectivity index (χ3n) is 6.76. The number of hydrogen-bond acceptors (Lipinski definition) is 5. The summed E-state index contributed by atoms with van der Waals surface area (Å²) in [5.74, 6) is 0.246. The predicted octanol–water partition coefficient (Wildman–Crippen LogP) is 1.24. The van der Waals surface area contributed by atoms with Crippen molar-refractivity contribution in [1.29, 1.82) is 0 Å². The first-order valence-corrected chi connectivity index (χ1v) is 10.5. The van der Waals surface area contributed by atoms with Crippen molar-refractivity contribution >= 4 is 5.91 Å². The van der Waals surface area contributed by atoms with Gasteiger partial charge in [-0.15, -0.1) is 0 Å². The molecule has 0 aromatic carbocycles. The van der Waals surface area contributed by atoms with Crippen molar-refractivity contribution in [3.63, 3.8) is 0 Å². The van der Waals surface area contributed by atoms with E-state index in [1.54, 1.807) is 0 Å². The van der Waals surface area contributed by atoms with E-state index in [1.807, 2.05) is 18.3 Å². The summed E-state index contributed by atoms with van der Waals surface area (Å²) >= 11 is 0. The lowest BCUT2D eigenvalue weighted by molar-refractivity contribution is -0.126. The fourth-order valence-corrected chi connectivity index (χ4v) is 5.14. The second-order valence-corrected chi connectivity index (χ2v) is 8.77. The third kappa shape index (κ3) is 4.50. The van der Waals surface area contributed by atoms with E-state index in [4.69, 9.17) is 0 Å². The molecule has 6 nitrogen and oxygen atoms in total. The number of carbonyl (C=O) groups excluding carboxylic acids is 1. The molecule has 3 saturated heterocycles. The van der Waals surface area contributed by atoms with Crippen molar-refractivity contribution in [3.8, 4) is 0 Å². The zero-order chi connectivity index (χ0) is 18.7. The quantitative estimate of drug-likeness (QED) is 0.834. The van der Waals surface area contributed by atoms with Gasteiger partial charge in [-0.3, -0.25) is 19.6 Å². The molecule has 1 unspecified atom stereocenters. The summed E-state index contributed by atoms with van der Waals surface area (Å²) in [6.07, 6.45) is 7.35. The van der Waals surface area contributed by atoms with Gasteiger partial charge < -0.3 is 10.6 Å². The van der Waals surface area contributed by atoms with Crippen LogP contribution in [0.1, 0.15) is 37.8 Å². The monoisotopic (exact) mass is 371 g/mol. The van der Waals surface area contributed by atoms with E-state index in [0.717, 1.165) is 64.2 Å². The fraction of sp³-hybridized carbons (Fsp3) is 0.714. The molecule has 27 heavy (non-hydrogen) atoms. The number of piperidine rings is 2. The lowest BCUT2D eigenvalue weighted by Crippen LogP contribution is -2.49. The standard InChI is InChI=1S/C21H33N5O/c1-25-16-21(7-10-22-11-8-21)14-19(25)20(27)24-17-5-12-26(13-6-17)15-18-4-2-3-9-23-18/h2-4,9,17,19,22H,5-8,10-16H2,1H3,(H,24,27). The minimum absolute atomic E-state index is 0.0506. The Kier molecular flexibility index (Phi) is 5.76. The number of pyridine rings is 1. The van der Waals surface area contributed by atoms with Crippen molar-refractivity contribution in [1.82, 2.24) is 25.4 Å². The zero-order valence-corrected chi connectivity index (χ0v) is 16.5. The highest BCUT2D eigenvalue weighted by molar-refractivity contribution is 5.82. The van der Waals surface area contributed by atoms with Gasteiger partial charge in [-0.05, 0) is 69.8 Å². The van der Waals surface area contributed by atoms with Crippen LogP contribution in [0.3, 0.4) is 0 Å². The number of nitrogens with one attached hydrogen (secondary N) is 2. The van der Waals surface area contributed by atoms with Gasteiger partial charge in [0.05, 0.1) is 11.7 Å². The Labute approximate surface area is 162 Å². The first-order chi connectivity index (χ1) is 13.1. The molecule has 3 aliphatic rings. The zero-order valence-electron chi connectivity index (χ0n) is 16.5. The summed E-state index contributed by atoms with van der Waals surface area (Å²) in [6, 6.07) is 6.45. The summed E-state index contributed by atoms with van der Waals surface area (Å²) < 4.78 is 0. The van der Waals surface area contributed by atoms with Crippen LogP contribution in [0.15, 0.2) is 24.4 Å². The summed E-state index contributed by atoms with van der Waals surface area (Å²) in [5.41, 5.74) is 1.48. The van der Waals surface area contributed by atoms with E-state index in [0.29, 0.717) is 11.5 Å². The molecule has 1 amide bonds. The molecule has 3 fully saturated rings. The average Bonchev–Trinajstić information content (AvgIpc) is 3.00. The van der Waals surface area contributed by atoms with Crippen molar-refractivity contribution in [2.75, 3.05) is 39.8 Å². The summed E-state index contributed by atoms with van der Waals surface area (Å²) in [5, 5.41) is 6.81. The molecule has 6 heteroatoms. The van der Waals surface area contributed by atoms with Gasteiger partial charge in [0.15, 0.2) is 0 Å². The number of amides is 1. The van der Waals surface area contributed by atoms with E-state index in [1.165, 1.54) is 12.8 Å². The number of nitrogens with zero attached hydrogens (tertiary/aromatic N) is 3.